The molecule has 1 aliphatic carbocycles. The molecule has 1 fully saturated rings. The minimum absolute atomic E-state index is 0.142. The van der Waals surface area contributed by atoms with Crippen LogP contribution in [0.2, 0.25) is 0 Å². The van der Waals surface area contributed by atoms with E-state index in [2.05, 4.69) is 22.6 Å². The van der Waals surface area contributed by atoms with Crippen molar-refractivity contribution in [3.63, 3.8) is 0 Å². The number of nitrogens with zero attached hydrogens (tertiary/aromatic N) is 1. The van der Waals surface area contributed by atoms with Crippen LogP contribution in [-0.4, -0.2) is 10.9 Å². The van der Waals surface area contributed by atoms with Crippen LogP contribution in [0.4, 0.5) is 0 Å². The minimum atomic E-state index is 0.142. The van der Waals surface area contributed by atoms with Gasteiger partial charge in [0.1, 0.15) is 0 Å². The normalized spacial score (nSPS) is 15.1. The molecule has 88 valence electrons. The average molecular weight is 238 g/mol. The molecule has 1 aromatic heterocycles. The molecular weight excluding hydrogens is 220 g/mol. The summed E-state index contributed by atoms with van der Waals surface area (Å²) in [6.07, 6.45) is 5.24. The highest BCUT2D eigenvalue weighted by molar-refractivity contribution is 7.09. The maximum Gasteiger partial charge on any atom is 0.220 e. The van der Waals surface area contributed by atoms with Gasteiger partial charge in [-0.2, -0.15) is 0 Å². The third-order valence-corrected chi connectivity index (χ3v) is 3.78. The van der Waals surface area contributed by atoms with Gasteiger partial charge in [0.15, 0.2) is 0 Å². The number of amides is 1. The number of carbonyl (C=O) groups excluding carboxylic acids is 1. The molecule has 2 rings (SSSR count). The van der Waals surface area contributed by atoms with Crippen molar-refractivity contribution >= 4 is 17.2 Å². The summed E-state index contributed by atoms with van der Waals surface area (Å²) in [5, 5.41) is 6.22. The number of hydrogen-bond donors (Lipinski definition) is 1. The summed E-state index contributed by atoms with van der Waals surface area (Å²) in [5.41, 5.74) is 1.01. The standard InChI is InChI=1S/C12H18N2OS/c1-2-3-4-11(15)13-7-10-8-16-12(14-10)9-5-6-9/h8-9H,2-7H2,1H3,(H,13,15). The molecule has 1 N–H and O–H groups in total. The highest BCUT2D eigenvalue weighted by Crippen LogP contribution is 2.41. The van der Waals surface area contributed by atoms with Gasteiger partial charge in [0.05, 0.1) is 17.2 Å². The lowest BCUT2D eigenvalue weighted by Crippen LogP contribution is -2.22. The lowest BCUT2D eigenvalue weighted by atomic mass is 10.2. The quantitative estimate of drug-likeness (QED) is 0.828. The monoisotopic (exact) mass is 238 g/mol. The van der Waals surface area contributed by atoms with E-state index < -0.39 is 0 Å². The van der Waals surface area contributed by atoms with Crippen molar-refractivity contribution in [2.45, 2.75) is 51.5 Å². The van der Waals surface area contributed by atoms with Crippen molar-refractivity contribution in [1.82, 2.24) is 10.3 Å². The molecule has 0 saturated heterocycles. The molecule has 0 aliphatic heterocycles. The Morgan fingerprint density at radius 1 is 1.62 bits per heavy atom. The van der Waals surface area contributed by atoms with Crippen LogP contribution in [0.3, 0.4) is 0 Å². The summed E-state index contributed by atoms with van der Waals surface area (Å²) in [5.74, 6) is 0.859. The fourth-order valence-electron chi connectivity index (χ4n) is 1.54. The van der Waals surface area contributed by atoms with Gasteiger partial charge in [0.2, 0.25) is 5.91 Å². The summed E-state index contributed by atoms with van der Waals surface area (Å²) in [6.45, 7) is 2.68. The molecule has 1 amide bonds. The van der Waals surface area contributed by atoms with Gasteiger partial charge in [-0.1, -0.05) is 13.3 Å². The zero-order chi connectivity index (χ0) is 11.4. The third-order valence-electron chi connectivity index (χ3n) is 2.72. The molecule has 0 atom stereocenters. The average Bonchev–Trinajstić information content (AvgIpc) is 3.03. The second-order valence-corrected chi connectivity index (χ2v) is 5.22. The topological polar surface area (TPSA) is 42.0 Å². The zero-order valence-corrected chi connectivity index (χ0v) is 10.5. The molecule has 4 heteroatoms. The van der Waals surface area contributed by atoms with E-state index in [1.807, 2.05) is 0 Å². The molecule has 1 aliphatic rings. The minimum Gasteiger partial charge on any atom is -0.350 e. The Morgan fingerprint density at radius 3 is 3.12 bits per heavy atom. The van der Waals surface area contributed by atoms with Crippen LogP contribution in [0, 0.1) is 0 Å². The lowest BCUT2D eigenvalue weighted by Gasteiger charge is -2.01. The molecular formula is C12H18N2OS. The van der Waals surface area contributed by atoms with Gasteiger partial charge in [-0.25, -0.2) is 4.98 Å². The molecule has 0 spiro atoms. The van der Waals surface area contributed by atoms with Crippen LogP contribution >= 0.6 is 11.3 Å². The van der Waals surface area contributed by atoms with Crippen molar-refractivity contribution < 1.29 is 4.79 Å². The molecule has 16 heavy (non-hydrogen) atoms. The zero-order valence-electron chi connectivity index (χ0n) is 9.66. The smallest absolute Gasteiger partial charge is 0.220 e. The van der Waals surface area contributed by atoms with E-state index in [4.69, 9.17) is 0 Å². The van der Waals surface area contributed by atoms with Crippen LogP contribution in [0.5, 0.6) is 0 Å². The van der Waals surface area contributed by atoms with Gasteiger partial charge in [-0.3, -0.25) is 4.79 Å². The Morgan fingerprint density at radius 2 is 2.44 bits per heavy atom. The number of thiazole rings is 1. The Kier molecular flexibility index (Phi) is 3.93. The maximum atomic E-state index is 11.4. The highest BCUT2D eigenvalue weighted by atomic mass is 32.1. The van der Waals surface area contributed by atoms with Gasteiger partial charge in [0, 0.05) is 17.7 Å². The fraction of sp³-hybridized carbons (Fsp3) is 0.667. The molecule has 1 heterocycles. The predicted octanol–water partition coefficient (Wildman–Crippen LogP) is 2.83. The first-order valence-electron chi connectivity index (χ1n) is 6.00. The van der Waals surface area contributed by atoms with Crippen LogP contribution in [0.1, 0.15) is 55.6 Å². The summed E-state index contributed by atoms with van der Waals surface area (Å²) in [7, 11) is 0. The maximum absolute atomic E-state index is 11.4. The molecule has 1 saturated carbocycles. The second-order valence-electron chi connectivity index (χ2n) is 4.33. The number of unbranched alkanes of at least 4 members (excludes halogenated alkanes) is 1. The number of rotatable bonds is 6. The predicted molar refractivity (Wildman–Crippen MR) is 65.5 cm³/mol. The molecule has 0 radical (unpaired) electrons. The van der Waals surface area contributed by atoms with E-state index in [9.17, 15) is 4.79 Å². The van der Waals surface area contributed by atoms with Crippen molar-refractivity contribution in [1.29, 1.82) is 0 Å². The van der Waals surface area contributed by atoms with Gasteiger partial charge >= 0.3 is 0 Å². The Hall–Kier alpha value is -0.900. The Balaban J connectivity index is 1.73. The molecule has 0 unspecified atom stereocenters. The Bertz CT molecular complexity index is 358. The lowest BCUT2D eigenvalue weighted by molar-refractivity contribution is -0.121. The summed E-state index contributed by atoms with van der Waals surface area (Å²) < 4.78 is 0. The van der Waals surface area contributed by atoms with E-state index in [0.29, 0.717) is 13.0 Å². The summed E-state index contributed by atoms with van der Waals surface area (Å²) in [4.78, 5) is 15.9. The third kappa shape index (κ3) is 3.30. The van der Waals surface area contributed by atoms with E-state index in [0.717, 1.165) is 24.5 Å². The van der Waals surface area contributed by atoms with Gasteiger partial charge in [0.25, 0.3) is 0 Å². The van der Waals surface area contributed by atoms with Crippen molar-refractivity contribution in [3.8, 4) is 0 Å². The second kappa shape index (κ2) is 5.43. The van der Waals surface area contributed by atoms with E-state index >= 15 is 0 Å². The molecule has 0 bridgehead atoms. The largest absolute Gasteiger partial charge is 0.350 e. The first-order valence-corrected chi connectivity index (χ1v) is 6.88. The van der Waals surface area contributed by atoms with E-state index in [-0.39, 0.29) is 5.91 Å². The van der Waals surface area contributed by atoms with Crippen LogP contribution in [-0.2, 0) is 11.3 Å². The number of nitrogens with one attached hydrogen (secondary N) is 1. The van der Waals surface area contributed by atoms with Gasteiger partial charge < -0.3 is 5.32 Å². The van der Waals surface area contributed by atoms with Crippen LogP contribution in [0.25, 0.3) is 0 Å². The van der Waals surface area contributed by atoms with Crippen LogP contribution < -0.4 is 5.32 Å². The van der Waals surface area contributed by atoms with Gasteiger partial charge in [-0.05, 0) is 19.3 Å². The van der Waals surface area contributed by atoms with Crippen molar-refractivity contribution in [2.24, 2.45) is 0 Å². The summed E-state index contributed by atoms with van der Waals surface area (Å²) in [6, 6.07) is 0. The van der Waals surface area contributed by atoms with Crippen molar-refractivity contribution in [2.75, 3.05) is 0 Å². The van der Waals surface area contributed by atoms with E-state index in [1.165, 1.54) is 17.8 Å². The SMILES string of the molecule is CCCCC(=O)NCc1csc(C2CC2)n1. The first-order chi connectivity index (χ1) is 7.79. The first kappa shape index (κ1) is 11.6. The summed E-state index contributed by atoms with van der Waals surface area (Å²) >= 11 is 1.73. The number of hydrogen-bond acceptors (Lipinski definition) is 3. The molecule has 0 aromatic carbocycles. The number of carbonyl (C=O) groups is 1. The Labute approximate surface area is 100 Å². The van der Waals surface area contributed by atoms with E-state index in [1.54, 1.807) is 11.3 Å². The molecule has 3 nitrogen and oxygen atoms in total. The fourth-order valence-corrected chi connectivity index (χ4v) is 2.53. The van der Waals surface area contributed by atoms with Crippen molar-refractivity contribution in [3.05, 3.63) is 16.1 Å². The van der Waals surface area contributed by atoms with Crippen LogP contribution in [0.15, 0.2) is 5.38 Å². The molecule has 1 aromatic rings. The van der Waals surface area contributed by atoms with Gasteiger partial charge in [-0.15, -0.1) is 11.3 Å². The number of aromatic nitrogens is 1. The highest BCUT2D eigenvalue weighted by Gasteiger charge is 2.26.